The van der Waals surface area contributed by atoms with Gasteiger partial charge in [-0.05, 0) is 42.1 Å². The average molecular weight is 464 g/mol. The topological polar surface area (TPSA) is 83.6 Å². The van der Waals surface area contributed by atoms with E-state index in [4.69, 9.17) is 15.8 Å². The zero-order valence-electron chi connectivity index (χ0n) is 19.6. The van der Waals surface area contributed by atoms with Gasteiger partial charge in [-0.2, -0.15) is 8.78 Å². The van der Waals surface area contributed by atoms with E-state index >= 15 is 0 Å². The van der Waals surface area contributed by atoms with Crippen LogP contribution in [-0.2, 0) is 33.2 Å². The van der Waals surface area contributed by atoms with Crippen LogP contribution in [0, 0.1) is 0 Å². The molecule has 0 aromatic heterocycles. The molecule has 2 aliphatic rings. The van der Waals surface area contributed by atoms with Crippen LogP contribution in [-0.4, -0.2) is 34.4 Å². The second kappa shape index (κ2) is 8.43. The number of nitrogens with one attached hydrogen (secondary N) is 1. The first-order valence-corrected chi connectivity index (χ1v) is 10.1. The number of piperidine rings is 1. The molecule has 3 atom stereocenters. The molecule has 6 nitrogen and oxygen atoms in total. The quantitative estimate of drug-likeness (QED) is 0.665. The first kappa shape index (κ1) is 18.4. The van der Waals surface area contributed by atoms with Crippen molar-refractivity contribution in [2.45, 2.75) is 44.1 Å². The number of carbonyl (C=O) groups is 4. The number of ketones is 1. The molecule has 2 aliphatic heterocycles. The van der Waals surface area contributed by atoms with Crippen molar-refractivity contribution in [1.29, 1.82) is 0 Å². The first-order chi connectivity index (χ1) is 16.4. The van der Waals surface area contributed by atoms with Gasteiger partial charge >= 0.3 is 5.92 Å². The Bertz CT molecular complexity index is 1230. The van der Waals surface area contributed by atoms with Gasteiger partial charge in [0.15, 0.2) is 1.41 Å². The smallest absolute Gasteiger partial charge is 0.322 e. The van der Waals surface area contributed by atoms with Gasteiger partial charge in [0.2, 0.25) is 17.6 Å². The third kappa shape index (κ3) is 4.14. The fourth-order valence-corrected chi connectivity index (χ4v) is 3.81. The third-order valence-electron chi connectivity index (χ3n) is 5.38. The largest absolute Gasteiger partial charge is 0.330 e. The van der Waals surface area contributed by atoms with Gasteiger partial charge in [-0.1, -0.05) is 35.9 Å². The minimum absolute atomic E-state index is 0.114. The molecule has 3 amide bonds. The van der Waals surface area contributed by atoms with Crippen LogP contribution >= 0.6 is 11.6 Å². The van der Waals surface area contributed by atoms with E-state index in [1.807, 2.05) is 0 Å². The highest BCUT2D eigenvalue weighted by Crippen LogP contribution is 2.32. The van der Waals surface area contributed by atoms with Crippen LogP contribution in [0.5, 0.6) is 0 Å². The molecule has 1 N–H and O–H groups in total. The van der Waals surface area contributed by atoms with Crippen molar-refractivity contribution in [3.8, 4) is 0 Å². The van der Waals surface area contributed by atoms with Crippen LogP contribution in [0.4, 0.5) is 8.78 Å². The summed E-state index contributed by atoms with van der Waals surface area (Å²) in [6, 6.07) is 7.47. The minimum Gasteiger partial charge on any atom is -0.322 e. The molecule has 2 aromatic rings. The fourth-order valence-electron chi connectivity index (χ4n) is 3.68. The van der Waals surface area contributed by atoms with Crippen LogP contribution in [0.3, 0.4) is 0 Å². The fraction of sp³-hybridized carbons (Fsp3) is 0.304. The van der Waals surface area contributed by atoms with Crippen LogP contribution in [0.25, 0.3) is 0 Å². The van der Waals surface area contributed by atoms with Gasteiger partial charge in [0.1, 0.15) is 6.04 Å². The average Bonchev–Trinajstić information content (AvgIpc) is 3.13. The Morgan fingerprint density at radius 3 is 2.69 bits per heavy atom. The number of amides is 3. The van der Waals surface area contributed by atoms with E-state index < -0.39 is 60.2 Å². The summed E-state index contributed by atoms with van der Waals surface area (Å²) in [6.45, 7) is -0.114. The number of nitrogens with zero attached hydrogens (tertiary/aromatic N) is 1. The molecule has 4 rings (SSSR count). The van der Waals surface area contributed by atoms with E-state index in [0.29, 0.717) is 5.56 Å². The molecule has 9 heteroatoms. The third-order valence-corrected chi connectivity index (χ3v) is 5.63. The number of hydrogen-bond acceptors (Lipinski definition) is 4. The summed E-state index contributed by atoms with van der Waals surface area (Å²) >= 11 is 5.71. The Balaban J connectivity index is 1.51. The van der Waals surface area contributed by atoms with Gasteiger partial charge in [0.25, 0.3) is 5.91 Å². The Labute approximate surface area is 191 Å². The highest BCUT2D eigenvalue weighted by Gasteiger charge is 2.41. The number of benzene rings is 2. The van der Waals surface area contributed by atoms with E-state index in [1.165, 1.54) is 30.3 Å². The molecule has 3 unspecified atom stereocenters. The van der Waals surface area contributed by atoms with Gasteiger partial charge in [-0.3, -0.25) is 24.5 Å². The number of alkyl halides is 2. The summed E-state index contributed by atoms with van der Waals surface area (Å²) in [5.74, 6) is -7.62. The molecule has 32 heavy (non-hydrogen) atoms. The van der Waals surface area contributed by atoms with Crippen LogP contribution in [0.2, 0.25) is 6.43 Å². The predicted molar refractivity (Wildman–Crippen MR) is 111 cm³/mol. The molecule has 1 saturated heterocycles. The van der Waals surface area contributed by atoms with Crippen LogP contribution in [0.1, 0.15) is 49.0 Å². The van der Waals surface area contributed by atoms with Crippen molar-refractivity contribution >= 4 is 35.1 Å². The number of rotatable bonds is 6. The van der Waals surface area contributed by atoms with Gasteiger partial charge in [0, 0.05) is 38.3 Å². The lowest BCUT2D eigenvalue weighted by molar-refractivity contribution is -0.144. The van der Waals surface area contributed by atoms with E-state index in [9.17, 15) is 28.0 Å². The highest BCUT2D eigenvalue weighted by molar-refractivity contribution is 6.30. The maximum absolute atomic E-state index is 14.6. The van der Waals surface area contributed by atoms with Crippen LogP contribution in [0.15, 0.2) is 42.5 Å². The number of hydrogen-bond donors (Lipinski definition) is 1. The molecular weight excluding hydrogens is 442 g/mol. The van der Waals surface area contributed by atoms with E-state index in [2.05, 4.69) is 0 Å². The van der Waals surface area contributed by atoms with E-state index in [0.717, 1.165) is 17.0 Å². The van der Waals surface area contributed by atoms with Crippen molar-refractivity contribution < 1.29 is 32.1 Å². The SMILES string of the molecule is [2H]C(CC(=O)C(F)(F)c1ccc(Cl)cc1)c1ccc2c(c1)CN(C1C(=O)N([2H])C(=O)CC1[2H])C2=O. The van der Waals surface area contributed by atoms with Gasteiger partial charge in [0.05, 0.1) is 0 Å². The van der Waals surface area contributed by atoms with Crippen molar-refractivity contribution in [2.24, 2.45) is 0 Å². The van der Waals surface area contributed by atoms with Gasteiger partial charge in [-0.25, -0.2) is 0 Å². The number of halogens is 3. The number of aryl methyl sites for hydroxylation is 1. The molecule has 166 valence electrons. The van der Waals surface area contributed by atoms with Crippen molar-refractivity contribution in [1.82, 2.24) is 10.2 Å². The monoisotopic (exact) mass is 463 g/mol. The summed E-state index contributed by atoms with van der Waals surface area (Å²) in [5.41, 5.74) is 0.300. The summed E-state index contributed by atoms with van der Waals surface area (Å²) in [5, 5.41) is 0.398. The van der Waals surface area contributed by atoms with Crippen LogP contribution < -0.4 is 5.31 Å². The van der Waals surface area contributed by atoms with Gasteiger partial charge in [-0.15, -0.1) is 0 Å². The molecule has 0 spiro atoms. The van der Waals surface area contributed by atoms with Crippen molar-refractivity contribution in [3.05, 3.63) is 69.7 Å². The molecule has 0 saturated carbocycles. The van der Waals surface area contributed by atoms with Crippen molar-refractivity contribution in [3.63, 3.8) is 0 Å². The molecule has 0 aliphatic carbocycles. The lowest BCUT2D eigenvalue weighted by Crippen LogP contribution is -2.52. The Kier molecular flexibility index (Phi) is 4.86. The Hall–Kier alpha value is -3.13. The lowest BCUT2D eigenvalue weighted by atomic mass is 9.97. The molecule has 0 bridgehead atoms. The van der Waals surface area contributed by atoms with Gasteiger partial charge < -0.3 is 4.90 Å². The Morgan fingerprint density at radius 2 is 1.97 bits per heavy atom. The van der Waals surface area contributed by atoms with Crippen molar-refractivity contribution in [2.75, 3.05) is 0 Å². The van der Waals surface area contributed by atoms with E-state index in [1.54, 1.807) is 0 Å². The molecular formula is C23H19ClF2N2O4. The number of fused-ring (bicyclic) bond motifs is 1. The molecule has 2 aromatic carbocycles. The molecule has 2 heterocycles. The zero-order valence-corrected chi connectivity index (χ0v) is 17.3. The molecule has 0 radical (unpaired) electrons. The summed E-state index contributed by atoms with van der Waals surface area (Å²) in [6.07, 6.45) is -3.73. The summed E-state index contributed by atoms with van der Waals surface area (Å²) in [7, 11) is 0. The second-order valence-corrected chi connectivity index (χ2v) is 7.93. The normalized spacial score (nSPS) is 23.5. The highest BCUT2D eigenvalue weighted by atomic mass is 35.5. The second-order valence-electron chi connectivity index (χ2n) is 7.49. The first-order valence-electron chi connectivity index (χ1n) is 11.3. The Morgan fingerprint density at radius 1 is 1.25 bits per heavy atom. The number of carbonyl (C=O) groups excluding carboxylic acids is 4. The van der Waals surface area contributed by atoms with E-state index in [-0.39, 0.29) is 34.4 Å². The summed E-state index contributed by atoms with van der Waals surface area (Å²) in [4.78, 5) is 50.4. The summed E-state index contributed by atoms with van der Waals surface area (Å²) < 4.78 is 53.1. The predicted octanol–water partition coefficient (Wildman–Crippen LogP) is 3.39. The lowest BCUT2D eigenvalue weighted by Gasteiger charge is -2.29. The zero-order chi connectivity index (χ0) is 25.7. The maximum atomic E-state index is 14.6. The minimum atomic E-state index is -3.81. The molecule has 1 fully saturated rings. The standard InChI is InChI=1S/C23H19ClF2N2O4/c24-16-5-3-15(4-6-16)23(25,26)19(29)9-2-13-1-7-17-14(11-13)12-28(22(17)32)18-8-10-20(30)27-21(18)31/h1,3-7,11,18H,2,8-10,12H2,(H,27,30,31)/i2D,8D/hD. The maximum Gasteiger partial charge on any atom is 0.330 e. The number of imide groups is 1. The number of Topliss-reactive ketones (excluding diaryl/α,β-unsaturated/α-hetero) is 1.